The van der Waals surface area contributed by atoms with Crippen LogP contribution in [0.5, 0.6) is 0 Å². The zero-order chi connectivity index (χ0) is 19.4. The molecule has 1 saturated heterocycles. The van der Waals surface area contributed by atoms with E-state index in [1.807, 2.05) is 0 Å². The Morgan fingerprint density at radius 1 is 1.30 bits per heavy atom. The van der Waals surface area contributed by atoms with Crippen molar-refractivity contribution in [1.29, 1.82) is 0 Å². The molecule has 2 heterocycles. The van der Waals surface area contributed by atoms with Crippen LogP contribution in [0.3, 0.4) is 0 Å². The molecule has 9 heteroatoms. The number of benzene rings is 1. The Balaban J connectivity index is 1.57. The number of carbonyl (C=O) groups is 1. The Bertz CT molecular complexity index is 771. The third kappa shape index (κ3) is 5.06. The number of amides is 1. The summed E-state index contributed by atoms with van der Waals surface area (Å²) < 4.78 is 43.2. The summed E-state index contributed by atoms with van der Waals surface area (Å²) in [4.78, 5) is 16.6. The maximum Gasteiger partial charge on any atom is 0.416 e. The number of alkyl halides is 3. The molecule has 0 aliphatic carbocycles. The minimum absolute atomic E-state index is 0.108. The van der Waals surface area contributed by atoms with Crippen LogP contribution in [0.1, 0.15) is 24.1 Å². The minimum atomic E-state index is -4.36. The quantitative estimate of drug-likeness (QED) is 0.810. The molecule has 5 nitrogen and oxygen atoms in total. The Morgan fingerprint density at radius 2 is 1.96 bits per heavy atom. The summed E-state index contributed by atoms with van der Waals surface area (Å²) in [5.74, 6) is -0.122. The van der Waals surface area contributed by atoms with Crippen molar-refractivity contribution >= 4 is 17.2 Å². The number of nitrogens with one attached hydrogen (secondary N) is 1. The number of aromatic nitrogens is 1. The van der Waals surface area contributed by atoms with Gasteiger partial charge in [0.2, 0.25) is 5.91 Å². The highest BCUT2D eigenvalue weighted by Gasteiger charge is 2.30. The van der Waals surface area contributed by atoms with Gasteiger partial charge in [-0.05, 0) is 30.9 Å². The molecule has 1 aliphatic rings. The molecule has 146 valence electrons. The average Bonchev–Trinajstić information content (AvgIpc) is 3.14. The van der Waals surface area contributed by atoms with Crippen LogP contribution >= 0.6 is 11.3 Å². The predicted octanol–water partition coefficient (Wildman–Crippen LogP) is 3.20. The van der Waals surface area contributed by atoms with E-state index in [0.29, 0.717) is 29.5 Å². The summed E-state index contributed by atoms with van der Waals surface area (Å²) in [5, 5.41) is 5.15. The van der Waals surface area contributed by atoms with Crippen LogP contribution in [-0.2, 0) is 22.3 Å². The van der Waals surface area contributed by atoms with Gasteiger partial charge < -0.3 is 15.8 Å². The van der Waals surface area contributed by atoms with Crippen LogP contribution in [-0.4, -0.2) is 30.1 Å². The van der Waals surface area contributed by atoms with Gasteiger partial charge in [0.05, 0.1) is 23.8 Å². The first-order valence-corrected chi connectivity index (χ1v) is 9.45. The number of nitrogens with two attached hydrogens (primary N) is 1. The molecular formula is C18H20F3N3O2S. The van der Waals surface area contributed by atoms with Gasteiger partial charge in [0.25, 0.3) is 0 Å². The Kier molecular flexibility index (Phi) is 6.13. The molecule has 0 saturated carbocycles. The number of thiazole rings is 1. The molecule has 1 aromatic carbocycles. The third-order valence-electron chi connectivity index (χ3n) is 4.53. The molecule has 3 rings (SSSR count). The fourth-order valence-corrected chi connectivity index (χ4v) is 3.73. The van der Waals surface area contributed by atoms with Gasteiger partial charge in [-0.2, -0.15) is 13.2 Å². The standard InChI is InChI=1S/C18H20F3N3O2S/c19-18(20,21)13-3-1-12(2-4-13)17-24-14(10-27-17)9-23-16(25)15(22)11-5-7-26-8-6-11/h1-4,10-11,15H,5-9,22H2,(H,23,25). The van der Waals surface area contributed by atoms with Crippen LogP contribution in [0.15, 0.2) is 29.6 Å². The molecule has 1 unspecified atom stereocenters. The van der Waals surface area contributed by atoms with Crippen LogP contribution in [0, 0.1) is 5.92 Å². The molecule has 1 amide bonds. The van der Waals surface area contributed by atoms with E-state index < -0.39 is 17.8 Å². The fraction of sp³-hybridized carbons (Fsp3) is 0.444. The number of hydrogen-bond acceptors (Lipinski definition) is 5. The molecular weight excluding hydrogens is 379 g/mol. The van der Waals surface area contributed by atoms with Crippen molar-refractivity contribution in [1.82, 2.24) is 10.3 Å². The number of nitrogens with zero attached hydrogens (tertiary/aromatic N) is 1. The lowest BCUT2D eigenvalue weighted by atomic mass is 9.92. The summed E-state index contributed by atoms with van der Waals surface area (Å²) in [5.41, 5.74) is 6.57. The number of halogens is 3. The lowest BCUT2D eigenvalue weighted by molar-refractivity contribution is -0.137. The lowest BCUT2D eigenvalue weighted by Gasteiger charge is -2.26. The summed E-state index contributed by atoms with van der Waals surface area (Å²) in [6.07, 6.45) is -2.83. The topological polar surface area (TPSA) is 77.2 Å². The van der Waals surface area contributed by atoms with Crippen molar-refractivity contribution in [2.45, 2.75) is 31.6 Å². The zero-order valence-electron chi connectivity index (χ0n) is 14.5. The maximum atomic E-state index is 12.6. The van der Waals surface area contributed by atoms with Crippen LogP contribution in [0.25, 0.3) is 10.6 Å². The molecule has 27 heavy (non-hydrogen) atoms. The van der Waals surface area contributed by atoms with E-state index in [-0.39, 0.29) is 18.4 Å². The average molecular weight is 399 g/mol. The minimum Gasteiger partial charge on any atom is -0.381 e. The number of ether oxygens (including phenoxy) is 1. The van der Waals surface area contributed by atoms with Gasteiger partial charge >= 0.3 is 6.18 Å². The molecule has 1 aromatic heterocycles. The molecule has 2 aromatic rings. The SMILES string of the molecule is NC(C(=O)NCc1csc(-c2ccc(C(F)(F)F)cc2)n1)C1CCOCC1. The van der Waals surface area contributed by atoms with Crippen LogP contribution < -0.4 is 11.1 Å². The first-order chi connectivity index (χ1) is 12.8. The molecule has 1 fully saturated rings. The summed E-state index contributed by atoms with van der Waals surface area (Å²) in [6, 6.07) is 4.27. The van der Waals surface area contributed by atoms with Crippen molar-refractivity contribution in [2.75, 3.05) is 13.2 Å². The second-order valence-corrected chi connectivity index (χ2v) is 7.27. The summed E-state index contributed by atoms with van der Waals surface area (Å²) in [7, 11) is 0. The monoisotopic (exact) mass is 399 g/mol. The van der Waals surface area contributed by atoms with Gasteiger partial charge in [-0.15, -0.1) is 11.3 Å². The van der Waals surface area contributed by atoms with Gasteiger partial charge in [0.15, 0.2) is 0 Å². The van der Waals surface area contributed by atoms with Gasteiger partial charge in [-0.1, -0.05) is 12.1 Å². The van der Waals surface area contributed by atoms with E-state index in [9.17, 15) is 18.0 Å². The van der Waals surface area contributed by atoms with Gasteiger partial charge in [0, 0.05) is 24.2 Å². The van der Waals surface area contributed by atoms with Gasteiger partial charge in [0.1, 0.15) is 5.01 Å². The van der Waals surface area contributed by atoms with Crippen molar-refractivity contribution in [3.63, 3.8) is 0 Å². The van der Waals surface area contributed by atoms with E-state index in [0.717, 1.165) is 25.0 Å². The first kappa shape index (κ1) is 19.8. The normalized spacial score (nSPS) is 16.9. The van der Waals surface area contributed by atoms with Crippen molar-refractivity contribution < 1.29 is 22.7 Å². The molecule has 0 radical (unpaired) electrons. The molecule has 3 N–H and O–H groups in total. The van der Waals surface area contributed by atoms with E-state index in [1.54, 1.807) is 5.38 Å². The third-order valence-corrected chi connectivity index (χ3v) is 5.47. The largest absolute Gasteiger partial charge is 0.416 e. The highest BCUT2D eigenvalue weighted by molar-refractivity contribution is 7.13. The molecule has 1 atom stereocenters. The van der Waals surface area contributed by atoms with Crippen molar-refractivity contribution in [3.8, 4) is 10.6 Å². The Hall–Kier alpha value is -1.97. The van der Waals surface area contributed by atoms with Crippen molar-refractivity contribution in [3.05, 3.63) is 40.9 Å². The van der Waals surface area contributed by atoms with Gasteiger partial charge in [-0.25, -0.2) is 4.98 Å². The second-order valence-electron chi connectivity index (χ2n) is 6.41. The number of carbonyl (C=O) groups excluding carboxylic acids is 1. The summed E-state index contributed by atoms with van der Waals surface area (Å²) >= 11 is 1.31. The maximum absolute atomic E-state index is 12.6. The van der Waals surface area contributed by atoms with E-state index in [4.69, 9.17) is 10.5 Å². The highest BCUT2D eigenvalue weighted by atomic mass is 32.1. The van der Waals surface area contributed by atoms with Gasteiger partial charge in [-0.3, -0.25) is 4.79 Å². The van der Waals surface area contributed by atoms with Crippen LogP contribution in [0.2, 0.25) is 0 Å². The molecule has 0 bridgehead atoms. The fourth-order valence-electron chi connectivity index (χ4n) is 2.91. The smallest absolute Gasteiger partial charge is 0.381 e. The highest BCUT2D eigenvalue weighted by Crippen LogP contribution is 2.31. The first-order valence-electron chi connectivity index (χ1n) is 8.57. The Labute approximate surface area is 158 Å². The zero-order valence-corrected chi connectivity index (χ0v) is 15.3. The van der Waals surface area contributed by atoms with E-state index in [2.05, 4.69) is 10.3 Å². The second kappa shape index (κ2) is 8.37. The van der Waals surface area contributed by atoms with E-state index in [1.165, 1.54) is 23.5 Å². The van der Waals surface area contributed by atoms with Crippen LogP contribution in [0.4, 0.5) is 13.2 Å². The Morgan fingerprint density at radius 3 is 2.59 bits per heavy atom. The predicted molar refractivity (Wildman–Crippen MR) is 95.9 cm³/mol. The lowest BCUT2D eigenvalue weighted by Crippen LogP contribution is -2.46. The van der Waals surface area contributed by atoms with E-state index >= 15 is 0 Å². The summed E-state index contributed by atoms with van der Waals surface area (Å²) in [6.45, 7) is 1.47. The molecule has 1 aliphatic heterocycles. The van der Waals surface area contributed by atoms with Crippen molar-refractivity contribution in [2.24, 2.45) is 11.7 Å². The molecule has 0 spiro atoms. The number of hydrogen-bond donors (Lipinski definition) is 2. The number of rotatable bonds is 5.